The quantitative estimate of drug-likeness (QED) is 0.676. The van der Waals surface area contributed by atoms with Crippen LogP contribution in [0.2, 0.25) is 0 Å². The zero-order chi connectivity index (χ0) is 10.3. The van der Waals surface area contributed by atoms with Gasteiger partial charge in [0, 0.05) is 0 Å². The molecular weight excluding hydrogens is 211 g/mol. The second-order valence-electron chi connectivity index (χ2n) is 2.60. The number of nitrogens with zero attached hydrogens (tertiary/aromatic N) is 3. The number of rotatable bonds is 1. The minimum absolute atomic E-state index is 0.218. The summed E-state index contributed by atoms with van der Waals surface area (Å²) >= 11 is 0. The van der Waals surface area contributed by atoms with Crippen molar-refractivity contribution in [3.8, 4) is 0 Å². The number of anilines is 1. The molecule has 0 aliphatic rings. The zero-order valence-electron chi connectivity index (χ0n) is 6.75. The Morgan fingerprint density at radius 1 is 1.43 bits per heavy atom. The minimum Gasteiger partial charge on any atom is -0.397 e. The Morgan fingerprint density at radius 2 is 2.14 bits per heavy atom. The van der Waals surface area contributed by atoms with E-state index in [1.807, 2.05) is 0 Å². The van der Waals surface area contributed by atoms with Gasteiger partial charge in [0.2, 0.25) is 0 Å². The van der Waals surface area contributed by atoms with Crippen LogP contribution in [0.15, 0.2) is 23.5 Å². The van der Waals surface area contributed by atoms with Gasteiger partial charge in [-0.25, -0.2) is 4.52 Å². The Balaban J connectivity index is 2.75. The van der Waals surface area contributed by atoms with Gasteiger partial charge in [-0.1, -0.05) is 3.89 Å². The molecule has 8 heteroatoms. The molecule has 2 N–H and O–H groups in total. The van der Waals surface area contributed by atoms with Crippen molar-refractivity contribution in [3.63, 3.8) is 0 Å². The van der Waals surface area contributed by atoms with Crippen LogP contribution in [0.25, 0.3) is 5.65 Å². The molecule has 2 aromatic rings. The Bertz CT molecular complexity index is 591. The lowest BCUT2D eigenvalue weighted by Crippen LogP contribution is -1.95. The van der Waals surface area contributed by atoms with Crippen LogP contribution >= 0.6 is 0 Å². The second kappa shape index (κ2) is 2.64. The SMILES string of the molecule is Nc1ccc2nc(S(=O)(=O)F)nn2c1. The number of hydrogen-bond acceptors (Lipinski definition) is 5. The first-order valence-corrected chi connectivity index (χ1v) is 4.92. The molecule has 0 bridgehead atoms. The standard InChI is InChI=1S/C6H5FN4O2S/c7-14(12,13)6-9-5-2-1-4(8)3-11(5)10-6/h1-3H,8H2. The molecule has 2 heterocycles. The second-order valence-corrected chi connectivity index (χ2v) is 3.84. The van der Waals surface area contributed by atoms with E-state index < -0.39 is 15.4 Å². The number of halogens is 1. The van der Waals surface area contributed by atoms with Crippen LogP contribution in [-0.2, 0) is 10.2 Å². The van der Waals surface area contributed by atoms with Crippen molar-refractivity contribution < 1.29 is 12.3 Å². The molecule has 2 aromatic heterocycles. The van der Waals surface area contributed by atoms with Crippen LogP contribution in [-0.4, -0.2) is 23.0 Å². The highest BCUT2D eigenvalue weighted by molar-refractivity contribution is 7.86. The molecule has 0 aliphatic carbocycles. The van der Waals surface area contributed by atoms with Gasteiger partial charge < -0.3 is 5.73 Å². The summed E-state index contributed by atoms with van der Waals surface area (Å²) in [6.07, 6.45) is 1.34. The van der Waals surface area contributed by atoms with Crippen molar-refractivity contribution in [2.24, 2.45) is 0 Å². The molecule has 0 saturated heterocycles. The zero-order valence-corrected chi connectivity index (χ0v) is 7.57. The fraction of sp³-hybridized carbons (Fsp3) is 0. The summed E-state index contributed by atoms with van der Waals surface area (Å²) in [6, 6.07) is 2.95. The number of pyridine rings is 1. The van der Waals surface area contributed by atoms with E-state index >= 15 is 0 Å². The lowest BCUT2D eigenvalue weighted by Gasteiger charge is -1.91. The van der Waals surface area contributed by atoms with E-state index in [-0.39, 0.29) is 5.65 Å². The summed E-state index contributed by atoms with van der Waals surface area (Å²) in [6.45, 7) is 0. The van der Waals surface area contributed by atoms with E-state index in [0.717, 1.165) is 4.52 Å². The van der Waals surface area contributed by atoms with Gasteiger partial charge in [0.05, 0.1) is 11.9 Å². The van der Waals surface area contributed by atoms with Crippen molar-refractivity contribution >= 4 is 21.6 Å². The summed E-state index contributed by atoms with van der Waals surface area (Å²) in [7, 11) is -4.86. The molecule has 0 fully saturated rings. The van der Waals surface area contributed by atoms with Crippen molar-refractivity contribution in [3.05, 3.63) is 18.3 Å². The average molecular weight is 216 g/mol. The van der Waals surface area contributed by atoms with E-state index in [1.54, 1.807) is 0 Å². The van der Waals surface area contributed by atoms with E-state index in [4.69, 9.17) is 5.73 Å². The highest BCUT2D eigenvalue weighted by atomic mass is 32.3. The van der Waals surface area contributed by atoms with Gasteiger partial charge in [0.15, 0.2) is 5.65 Å². The Hall–Kier alpha value is -1.70. The van der Waals surface area contributed by atoms with Crippen LogP contribution in [0.4, 0.5) is 9.57 Å². The topological polar surface area (TPSA) is 90.3 Å². The van der Waals surface area contributed by atoms with Gasteiger partial charge in [0.25, 0.3) is 5.16 Å². The van der Waals surface area contributed by atoms with Gasteiger partial charge >= 0.3 is 10.2 Å². The Kier molecular flexibility index (Phi) is 1.68. The normalized spacial score (nSPS) is 12.1. The third kappa shape index (κ3) is 1.39. The number of hydrogen-bond donors (Lipinski definition) is 1. The van der Waals surface area contributed by atoms with E-state index in [9.17, 15) is 12.3 Å². The third-order valence-corrected chi connectivity index (χ3v) is 2.16. The maximum absolute atomic E-state index is 12.5. The van der Waals surface area contributed by atoms with Gasteiger partial charge in [-0.2, -0.15) is 13.4 Å². The molecule has 6 nitrogen and oxygen atoms in total. The molecular formula is C6H5FN4O2S. The molecule has 0 aromatic carbocycles. The molecule has 0 saturated carbocycles. The van der Waals surface area contributed by atoms with E-state index in [0.29, 0.717) is 5.69 Å². The predicted octanol–water partition coefficient (Wildman–Crippen LogP) is -0.0303. The first kappa shape index (κ1) is 8.88. The average Bonchev–Trinajstić information content (AvgIpc) is 2.45. The largest absolute Gasteiger partial charge is 0.397 e. The maximum Gasteiger partial charge on any atom is 0.369 e. The van der Waals surface area contributed by atoms with Crippen LogP contribution in [0.5, 0.6) is 0 Å². The van der Waals surface area contributed by atoms with Crippen molar-refractivity contribution in [1.29, 1.82) is 0 Å². The summed E-state index contributed by atoms with van der Waals surface area (Å²) in [4.78, 5) is 3.46. The number of fused-ring (bicyclic) bond motifs is 1. The first-order chi connectivity index (χ1) is 6.47. The predicted molar refractivity (Wildman–Crippen MR) is 45.7 cm³/mol. The lowest BCUT2D eigenvalue weighted by atomic mass is 10.4. The fourth-order valence-corrected chi connectivity index (χ4v) is 1.37. The van der Waals surface area contributed by atoms with Crippen LogP contribution in [0.1, 0.15) is 0 Å². The van der Waals surface area contributed by atoms with Crippen molar-refractivity contribution in [2.45, 2.75) is 5.16 Å². The Labute approximate surface area is 78.4 Å². The first-order valence-electron chi connectivity index (χ1n) is 3.53. The summed E-state index contributed by atoms with van der Waals surface area (Å²) in [5, 5.41) is 2.55. The van der Waals surface area contributed by atoms with E-state index in [2.05, 4.69) is 10.1 Å². The molecule has 0 radical (unpaired) electrons. The molecule has 0 aliphatic heterocycles. The van der Waals surface area contributed by atoms with Gasteiger partial charge in [-0.15, -0.1) is 5.10 Å². The number of nitrogens with two attached hydrogens (primary N) is 1. The summed E-state index contributed by atoms with van der Waals surface area (Å²) in [5.74, 6) is 0. The molecule has 0 atom stereocenters. The maximum atomic E-state index is 12.5. The van der Waals surface area contributed by atoms with Crippen LogP contribution in [0.3, 0.4) is 0 Å². The summed E-state index contributed by atoms with van der Waals surface area (Å²) in [5.41, 5.74) is 6.01. The van der Waals surface area contributed by atoms with E-state index in [1.165, 1.54) is 18.3 Å². The van der Waals surface area contributed by atoms with Gasteiger partial charge in [-0.05, 0) is 12.1 Å². The highest BCUT2D eigenvalue weighted by Gasteiger charge is 2.18. The minimum atomic E-state index is -4.86. The van der Waals surface area contributed by atoms with Crippen LogP contribution < -0.4 is 5.73 Å². The van der Waals surface area contributed by atoms with Crippen LogP contribution in [0, 0.1) is 0 Å². The smallest absolute Gasteiger partial charge is 0.369 e. The molecule has 74 valence electrons. The Morgan fingerprint density at radius 3 is 2.79 bits per heavy atom. The fourth-order valence-electron chi connectivity index (χ4n) is 0.982. The van der Waals surface area contributed by atoms with Crippen molar-refractivity contribution in [1.82, 2.24) is 14.6 Å². The van der Waals surface area contributed by atoms with Crippen molar-refractivity contribution in [2.75, 3.05) is 5.73 Å². The monoisotopic (exact) mass is 216 g/mol. The molecule has 14 heavy (non-hydrogen) atoms. The number of nitrogen functional groups attached to an aromatic ring is 1. The third-order valence-electron chi connectivity index (χ3n) is 1.55. The highest BCUT2D eigenvalue weighted by Crippen LogP contribution is 2.10. The molecule has 0 amide bonds. The molecule has 0 unspecified atom stereocenters. The molecule has 2 rings (SSSR count). The molecule has 0 spiro atoms. The summed E-state index contributed by atoms with van der Waals surface area (Å²) < 4.78 is 34.5. The number of aromatic nitrogens is 3. The van der Waals surface area contributed by atoms with Gasteiger partial charge in [-0.3, -0.25) is 0 Å². The lowest BCUT2D eigenvalue weighted by molar-refractivity contribution is 0.542. The van der Waals surface area contributed by atoms with Gasteiger partial charge in [0.1, 0.15) is 0 Å².